The predicted octanol–water partition coefficient (Wildman–Crippen LogP) is 2.77. The summed E-state index contributed by atoms with van der Waals surface area (Å²) in [4.78, 5) is 19.6. The monoisotopic (exact) mass is 327 g/mol. The van der Waals surface area contributed by atoms with Crippen LogP contribution in [-0.4, -0.2) is 35.1 Å². The number of amides is 1. The minimum atomic E-state index is -0.102. The summed E-state index contributed by atoms with van der Waals surface area (Å²) in [5, 5.41) is 9.25. The molecule has 0 saturated carbocycles. The molecule has 2 aromatic rings. The zero-order chi connectivity index (χ0) is 16.8. The molecular weight excluding hydrogens is 306 g/mol. The Hall–Kier alpha value is -2.67. The molecule has 3 N–H and O–H groups in total. The van der Waals surface area contributed by atoms with Gasteiger partial charge in [-0.05, 0) is 31.0 Å². The molecule has 1 atom stereocenters. The molecule has 0 radical (unpaired) electrons. The normalized spacial score (nSPS) is 16.6. The summed E-state index contributed by atoms with van der Waals surface area (Å²) >= 11 is 0. The van der Waals surface area contributed by atoms with E-state index < -0.39 is 0 Å². The molecule has 1 aliphatic rings. The van der Waals surface area contributed by atoms with Gasteiger partial charge in [-0.2, -0.15) is 0 Å². The molecule has 1 fully saturated rings. The van der Waals surface area contributed by atoms with Crippen molar-refractivity contribution >= 4 is 28.9 Å². The highest BCUT2D eigenvalue weighted by molar-refractivity contribution is 5.89. The van der Waals surface area contributed by atoms with E-state index in [0.717, 1.165) is 43.2 Å². The van der Waals surface area contributed by atoms with Gasteiger partial charge < -0.3 is 20.7 Å². The molecule has 7 heteroatoms. The van der Waals surface area contributed by atoms with Gasteiger partial charge in [0, 0.05) is 37.5 Å². The zero-order valence-electron chi connectivity index (χ0n) is 13.6. The summed E-state index contributed by atoms with van der Waals surface area (Å²) in [6.07, 6.45) is 3.97. The molecule has 7 nitrogen and oxygen atoms in total. The van der Waals surface area contributed by atoms with E-state index in [1.807, 2.05) is 30.3 Å². The summed E-state index contributed by atoms with van der Waals surface area (Å²) < 4.78 is 5.59. The number of rotatable bonds is 6. The van der Waals surface area contributed by atoms with Gasteiger partial charge in [-0.3, -0.25) is 4.79 Å². The lowest BCUT2D eigenvalue weighted by atomic mass is 10.2. The fourth-order valence-corrected chi connectivity index (χ4v) is 2.57. The summed E-state index contributed by atoms with van der Waals surface area (Å²) in [5.41, 5.74) is 1.57. The second-order valence-electron chi connectivity index (χ2n) is 5.69. The Balaban J connectivity index is 1.62. The van der Waals surface area contributed by atoms with Crippen molar-refractivity contribution < 1.29 is 9.53 Å². The summed E-state index contributed by atoms with van der Waals surface area (Å²) in [6.45, 7) is 3.07. The number of hydrogen-bond acceptors (Lipinski definition) is 6. The molecule has 3 rings (SSSR count). The first-order valence-corrected chi connectivity index (χ1v) is 8.01. The number of carbonyl (C=O) groups is 1. The van der Waals surface area contributed by atoms with Gasteiger partial charge in [0.05, 0.1) is 6.10 Å². The van der Waals surface area contributed by atoms with Crippen molar-refractivity contribution in [2.45, 2.75) is 25.9 Å². The van der Waals surface area contributed by atoms with Crippen LogP contribution in [0, 0.1) is 0 Å². The largest absolute Gasteiger partial charge is 0.376 e. The lowest BCUT2D eigenvalue weighted by molar-refractivity contribution is -0.114. The van der Waals surface area contributed by atoms with Gasteiger partial charge in [-0.15, -0.1) is 0 Å². The second kappa shape index (κ2) is 7.74. The number of ether oxygens (including phenoxy) is 1. The van der Waals surface area contributed by atoms with Gasteiger partial charge in [-0.1, -0.05) is 6.07 Å². The van der Waals surface area contributed by atoms with Gasteiger partial charge in [-0.25, -0.2) is 9.97 Å². The molecule has 0 aliphatic carbocycles. The van der Waals surface area contributed by atoms with Crippen LogP contribution in [0.5, 0.6) is 0 Å². The lowest BCUT2D eigenvalue weighted by Crippen LogP contribution is -2.19. The van der Waals surface area contributed by atoms with Crippen LogP contribution in [0.15, 0.2) is 36.7 Å². The van der Waals surface area contributed by atoms with Crippen molar-refractivity contribution in [1.29, 1.82) is 0 Å². The fraction of sp³-hybridized carbons (Fsp3) is 0.353. The second-order valence-corrected chi connectivity index (χ2v) is 5.69. The number of aromatic nitrogens is 2. The summed E-state index contributed by atoms with van der Waals surface area (Å²) in [5.74, 6) is 1.33. The third-order valence-electron chi connectivity index (χ3n) is 3.66. The predicted molar refractivity (Wildman–Crippen MR) is 93.5 cm³/mol. The SMILES string of the molecule is CC(=O)Nc1cccc(Nc2cc(NCC3CCCO3)ncn2)c1. The molecular formula is C17H21N5O2. The average molecular weight is 327 g/mol. The van der Waals surface area contributed by atoms with Crippen LogP contribution in [0.2, 0.25) is 0 Å². The first-order chi connectivity index (χ1) is 11.7. The van der Waals surface area contributed by atoms with Gasteiger partial charge >= 0.3 is 0 Å². The molecule has 0 bridgehead atoms. The highest BCUT2D eigenvalue weighted by Crippen LogP contribution is 2.20. The molecule has 24 heavy (non-hydrogen) atoms. The average Bonchev–Trinajstić information content (AvgIpc) is 3.06. The Morgan fingerprint density at radius 2 is 2.08 bits per heavy atom. The first kappa shape index (κ1) is 16.2. The van der Waals surface area contributed by atoms with Crippen molar-refractivity contribution in [3.05, 3.63) is 36.7 Å². The Labute approximate surface area is 140 Å². The third-order valence-corrected chi connectivity index (χ3v) is 3.66. The third kappa shape index (κ3) is 4.66. The molecule has 1 aromatic carbocycles. The van der Waals surface area contributed by atoms with Crippen molar-refractivity contribution in [2.24, 2.45) is 0 Å². The number of nitrogens with one attached hydrogen (secondary N) is 3. The van der Waals surface area contributed by atoms with Crippen molar-refractivity contribution in [1.82, 2.24) is 9.97 Å². The van der Waals surface area contributed by atoms with E-state index in [-0.39, 0.29) is 12.0 Å². The Kier molecular flexibility index (Phi) is 5.22. The van der Waals surface area contributed by atoms with E-state index in [4.69, 9.17) is 4.74 Å². The van der Waals surface area contributed by atoms with E-state index in [0.29, 0.717) is 5.82 Å². The maximum absolute atomic E-state index is 11.1. The maximum Gasteiger partial charge on any atom is 0.221 e. The summed E-state index contributed by atoms with van der Waals surface area (Å²) in [7, 11) is 0. The maximum atomic E-state index is 11.1. The Bertz CT molecular complexity index is 701. The van der Waals surface area contributed by atoms with Gasteiger partial charge in [0.25, 0.3) is 0 Å². The van der Waals surface area contributed by atoms with E-state index >= 15 is 0 Å². The number of anilines is 4. The van der Waals surface area contributed by atoms with Gasteiger partial charge in [0.2, 0.25) is 5.91 Å². The number of hydrogen-bond donors (Lipinski definition) is 3. The van der Waals surface area contributed by atoms with E-state index in [9.17, 15) is 4.79 Å². The van der Waals surface area contributed by atoms with Crippen LogP contribution in [0.25, 0.3) is 0 Å². The van der Waals surface area contributed by atoms with E-state index in [1.54, 1.807) is 0 Å². The molecule has 1 aromatic heterocycles. The van der Waals surface area contributed by atoms with Gasteiger partial charge in [0.1, 0.15) is 18.0 Å². The smallest absolute Gasteiger partial charge is 0.221 e. The lowest BCUT2D eigenvalue weighted by Gasteiger charge is -2.12. The summed E-state index contributed by atoms with van der Waals surface area (Å²) in [6, 6.07) is 9.31. The fourth-order valence-electron chi connectivity index (χ4n) is 2.57. The van der Waals surface area contributed by atoms with Crippen LogP contribution >= 0.6 is 0 Å². The molecule has 1 saturated heterocycles. The van der Waals surface area contributed by atoms with E-state index in [1.165, 1.54) is 13.3 Å². The Morgan fingerprint density at radius 1 is 1.25 bits per heavy atom. The first-order valence-electron chi connectivity index (χ1n) is 8.01. The molecule has 2 heterocycles. The van der Waals surface area contributed by atoms with E-state index in [2.05, 4.69) is 25.9 Å². The van der Waals surface area contributed by atoms with Crippen LogP contribution in [0.1, 0.15) is 19.8 Å². The molecule has 1 amide bonds. The minimum absolute atomic E-state index is 0.102. The minimum Gasteiger partial charge on any atom is -0.376 e. The number of benzene rings is 1. The Morgan fingerprint density at radius 3 is 2.88 bits per heavy atom. The highest BCUT2D eigenvalue weighted by Gasteiger charge is 2.15. The van der Waals surface area contributed by atoms with Crippen LogP contribution in [0.4, 0.5) is 23.0 Å². The van der Waals surface area contributed by atoms with Crippen LogP contribution in [0.3, 0.4) is 0 Å². The van der Waals surface area contributed by atoms with Crippen molar-refractivity contribution in [3.63, 3.8) is 0 Å². The van der Waals surface area contributed by atoms with Crippen molar-refractivity contribution in [3.8, 4) is 0 Å². The molecule has 0 spiro atoms. The molecule has 126 valence electrons. The quantitative estimate of drug-likeness (QED) is 0.756. The number of carbonyl (C=O) groups excluding carboxylic acids is 1. The highest BCUT2D eigenvalue weighted by atomic mass is 16.5. The van der Waals surface area contributed by atoms with Crippen molar-refractivity contribution in [2.75, 3.05) is 29.1 Å². The molecule has 1 unspecified atom stereocenters. The molecule has 1 aliphatic heterocycles. The van der Waals surface area contributed by atoms with Gasteiger partial charge in [0.15, 0.2) is 0 Å². The van der Waals surface area contributed by atoms with Crippen LogP contribution < -0.4 is 16.0 Å². The standard InChI is InChI=1S/C17H21N5O2/c1-12(23)21-13-4-2-5-14(8-13)22-17-9-16(19-11-20-17)18-10-15-6-3-7-24-15/h2,4-5,8-9,11,15H,3,6-7,10H2,1H3,(H,21,23)(H2,18,19,20,22). The van der Waals surface area contributed by atoms with Crippen LogP contribution in [-0.2, 0) is 9.53 Å². The topological polar surface area (TPSA) is 88.2 Å². The number of nitrogens with zero attached hydrogens (tertiary/aromatic N) is 2. The zero-order valence-corrected chi connectivity index (χ0v) is 13.6.